The monoisotopic (exact) mass is 234 g/mol. The van der Waals surface area contributed by atoms with E-state index in [0.29, 0.717) is 26.3 Å². The van der Waals surface area contributed by atoms with Crippen molar-refractivity contribution >= 4 is 5.97 Å². The molecule has 0 bridgehead atoms. The molecule has 1 unspecified atom stereocenters. The SMILES string of the molecule is COCCN(CCOC)C(CN)C(=O)OC. The van der Waals surface area contributed by atoms with Gasteiger partial charge in [-0.25, -0.2) is 0 Å². The fourth-order valence-corrected chi connectivity index (χ4v) is 1.37. The molecule has 0 aromatic carbocycles. The third-order valence-corrected chi connectivity index (χ3v) is 2.30. The van der Waals surface area contributed by atoms with Gasteiger partial charge in [0.1, 0.15) is 6.04 Å². The Morgan fingerprint density at radius 1 is 1.19 bits per heavy atom. The standard InChI is InChI=1S/C10H22N2O4/c1-14-6-4-12(5-7-15-2)9(8-11)10(13)16-3/h9H,4-8,11H2,1-3H3. The van der Waals surface area contributed by atoms with E-state index in [2.05, 4.69) is 0 Å². The fraction of sp³-hybridized carbons (Fsp3) is 0.900. The number of methoxy groups -OCH3 is 3. The summed E-state index contributed by atoms with van der Waals surface area (Å²) < 4.78 is 14.7. The second-order valence-electron chi connectivity index (χ2n) is 3.30. The minimum atomic E-state index is -0.435. The van der Waals surface area contributed by atoms with Crippen molar-refractivity contribution in [3.8, 4) is 0 Å². The predicted octanol–water partition coefficient (Wildman–Crippen LogP) is -0.918. The molecule has 0 saturated heterocycles. The highest BCUT2D eigenvalue weighted by atomic mass is 16.5. The number of carbonyl (C=O) groups is 1. The Kier molecular flexibility index (Phi) is 9.12. The van der Waals surface area contributed by atoms with E-state index in [1.807, 2.05) is 4.90 Å². The number of nitrogens with zero attached hydrogens (tertiary/aromatic N) is 1. The molecule has 1 atom stereocenters. The van der Waals surface area contributed by atoms with Crippen LogP contribution in [0, 0.1) is 0 Å². The Bertz CT molecular complexity index is 182. The van der Waals surface area contributed by atoms with Crippen LogP contribution in [0.25, 0.3) is 0 Å². The smallest absolute Gasteiger partial charge is 0.324 e. The first kappa shape index (κ1) is 15.3. The number of nitrogens with two attached hydrogens (primary N) is 1. The number of hydrogen-bond donors (Lipinski definition) is 1. The Morgan fingerprint density at radius 2 is 1.69 bits per heavy atom. The van der Waals surface area contributed by atoms with Crippen molar-refractivity contribution in [1.29, 1.82) is 0 Å². The number of ether oxygens (including phenoxy) is 3. The van der Waals surface area contributed by atoms with E-state index in [0.717, 1.165) is 0 Å². The molecule has 0 saturated carbocycles. The van der Waals surface area contributed by atoms with Gasteiger partial charge in [-0.2, -0.15) is 0 Å². The minimum Gasteiger partial charge on any atom is -0.468 e. The molecule has 0 heterocycles. The highest BCUT2D eigenvalue weighted by Gasteiger charge is 2.24. The van der Waals surface area contributed by atoms with Crippen molar-refractivity contribution in [3.63, 3.8) is 0 Å². The highest BCUT2D eigenvalue weighted by molar-refractivity contribution is 5.75. The van der Waals surface area contributed by atoms with Crippen molar-refractivity contribution in [2.24, 2.45) is 5.73 Å². The first-order valence-corrected chi connectivity index (χ1v) is 5.21. The first-order chi connectivity index (χ1) is 7.71. The Hall–Kier alpha value is -0.690. The molecule has 0 aliphatic heterocycles. The van der Waals surface area contributed by atoms with Crippen LogP contribution >= 0.6 is 0 Å². The molecule has 0 radical (unpaired) electrons. The number of hydrogen-bond acceptors (Lipinski definition) is 6. The molecule has 0 aromatic rings. The summed E-state index contributed by atoms with van der Waals surface area (Å²) in [4.78, 5) is 13.4. The molecular formula is C10H22N2O4. The highest BCUT2D eigenvalue weighted by Crippen LogP contribution is 2.00. The van der Waals surface area contributed by atoms with Crippen molar-refractivity contribution in [3.05, 3.63) is 0 Å². The Labute approximate surface area is 96.6 Å². The molecule has 6 nitrogen and oxygen atoms in total. The Balaban J connectivity index is 4.35. The van der Waals surface area contributed by atoms with Crippen LogP contribution in [-0.4, -0.2) is 71.1 Å². The van der Waals surface area contributed by atoms with Gasteiger partial charge in [-0.15, -0.1) is 0 Å². The summed E-state index contributed by atoms with van der Waals surface area (Å²) >= 11 is 0. The van der Waals surface area contributed by atoms with Gasteiger partial charge in [0, 0.05) is 33.9 Å². The van der Waals surface area contributed by atoms with Gasteiger partial charge in [-0.1, -0.05) is 0 Å². The van der Waals surface area contributed by atoms with Gasteiger partial charge in [-0.05, 0) is 0 Å². The van der Waals surface area contributed by atoms with Gasteiger partial charge in [0.25, 0.3) is 0 Å². The van der Waals surface area contributed by atoms with E-state index < -0.39 is 6.04 Å². The second kappa shape index (κ2) is 9.53. The van der Waals surface area contributed by atoms with Gasteiger partial charge >= 0.3 is 5.97 Å². The van der Waals surface area contributed by atoms with Crippen molar-refractivity contribution in [1.82, 2.24) is 4.90 Å². The summed E-state index contributed by atoms with van der Waals surface area (Å²) in [6.45, 7) is 2.54. The normalized spacial score (nSPS) is 12.8. The molecule has 0 amide bonds. The van der Waals surface area contributed by atoms with Crippen LogP contribution in [0.4, 0.5) is 0 Å². The number of esters is 1. The average molecular weight is 234 g/mol. The maximum absolute atomic E-state index is 11.5. The third-order valence-electron chi connectivity index (χ3n) is 2.30. The molecule has 2 N–H and O–H groups in total. The summed E-state index contributed by atoms with van der Waals surface area (Å²) in [5, 5.41) is 0. The van der Waals surface area contributed by atoms with Gasteiger partial charge in [0.05, 0.1) is 20.3 Å². The van der Waals surface area contributed by atoms with E-state index in [9.17, 15) is 4.79 Å². The van der Waals surface area contributed by atoms with Gasteiger partial charge in [0.15, 0.2) is 0 Å². The molecule has 0 fully saturated rings. The third kappa shape index (κ3) is 5.41. The molecule has 0 rings (SSSR count). The summed E-state index contributed by atoms with van der Waals surface area (Å²) in [5.41, 5.74) is 5.57. The van der Waals surface area contributed by atoms with Crippen LogP contribution in [0.2, 0.25) is 0 Å². The summed E-state index contributed by atoms with van der Waals surface area (Å²) in [6, 6.07) is -0.435. The summed E-state index contributed by atoms with van der Waals surface area (Å²) in [5.74, 6) is -0.324. The molecule has 96 valence electrons. The largest absolute Gasteiger partial charge is 0.468 e. The van der Waals surface area contributed by atoms with Gasteiger partial charge in [0.2, 0.25) is 0 Å². The van der Waals surface area contributed by atoms with E-state index >= 15 is 0 Å². The topological polar surface area (TPSA) is 74.0 Å². The maximum Gasteiger partial charge on any atom is 0.324 e. The summed E-state index contributed by atoms with van der Waals surface area (Å²) in [7, 11) is 4.59. The zero-order valence-electron chi connectivity index (χ0n) is 10.3. The lowest BCUT2D eigenvalue weighted by Crippen LogP contribution is -2.49. The molecular weight excluding hydrogens is 212 g/mol. The quantitative estimate of drug-likeness (QED) is 0.520. The zero-order valence-corrected chi connectivity index (χ0v) is 10.3. The van der Waals surface area contributed by atoms with Crippen LogP contribution in [-0.2, 0) is 19.0 Å². The van der Waals surface area contributed by atoms with Crippen molar-refractivity contribution in [2.75, 3.05) is 54.2 Å². The maximum atomic E-state index is 11.5. The number of carbonyl (C=O) groups excluding carboxylic acids is 1. The van der Waals surface area contributed by atoms with Gasteiger partial charge < -0.3 is 19.9 Å². The minimum absolute atomic E-state index is 0.222. The molecule has 16 heavy (non-hydrogen) atoms. The zero-order chi connectivity index (χ0) is 12.4. The van der Waals surface area contributed by atoms with Crippen molar-refractivity contribution < 1.29 is 19.0 Å². The van der Waals surface area contributed by atoms with E-state index in [1.165, 1.54) is 7.11 Å². The lowest BCUT2D eigenvalue weighted by atomic mass is 10.2. The van der Waals surface area contributed by atoms with Crippen LogP contribution in [0.5, 0.6) is 0 Å². The predicted molar refractivity (Wildman–Crippen MR) is 60.2 cm³/mol. The first-order valence-electron chi connectivity index (χ1n) is 5.21. The van der Waals surface area contributed by atoms with E-state index in [4.69, 9.17) is 19.9 Å². The van der Waals surface area contributed by atoms with Gasteiger partial charge in [-0.3, -0.25) is 9.69 Å². The molecule has 6 heteroatoms. The lowest BCUT2D eigenvalue weighted by molar-refractivity contribution is -0.147. The van der Waals surface area contributed by atoms with Crippen LogP contribution < -0.4 is 5.73 Å². The molecule has 0 aliphatic carbocycles. The number of rotatable bonds is 9. The second-order valence-corrected chi connectivity index (χ2v) is 3.30. The summed E-state index contributed by atoms with van der Waals surface area (Å²) in [6.07, 6.45) is 0. The Morgan fingerprint density at radius 3 is 2.00 bits per heavy atom. The fourth-order valence-electron chi connectivity index (χ4n) is 1.37. The average Bonchev–Trinajstić information content (AvgIpc) is 2.32. The lowest BCUT2D eigenvalue weighted by Gasteiger charge is -2.28. The van der Waals surface area contributed by atoms with Crippen molar-refractivity contribution in [2.45, 2.75) is 6.04 Å². The van der Waals surface area contributed by atoms with Crippen LogP contribution in [0.15, 0.2) is 0 Å². The molecule has 0 spiro atoms. The van der Waals surface area contributed by atoms with Crippen LogP contribution in [0.3, 0.4) is 0 Å². The van der Waals surface area contributed by atoms with E-state index in [-0.39, 0.29) is 12.5 Å². The van der Waals surface area contributed by atoms with Crippen LogP contribution in [0.1, 0.15) is 0 Å². The van der Waals surface area contributed by atoms with E-state index in [1.54, 1.807) is 14.2 Å². The molecule has 0 aromatic heterocycles. The molecule has 0 aliphatic rings.